The van der Waals surface area contributed by atoms with Crippen molar-refractivity contribution in [2.75, 3.05) is 16.8 Å². The summed E-state index contributed by atoms with van der Waals surface area (Å²) in [5.41, 5.74) is 4.76. The van der Waals surface area contributed by atoms with Gasteiger partial charge in [0.2, 0.25) is 5.91 Å². The summed E-state index contributed by atoms with van der Waals surface area (Å²) in [6.07, 6.45) is 3.31. The van der Waals surface area contributed by atoms with Crippen LogP contribution in [0.1, 0.15) is 41.1 Å². The largest absolute Gasteiger partial charge is 0.467 e. The molecule has 1 unspecified atom stereocenters. The molecule has 2 heterocycles. The van der Waals surface area contributed by atoms with Crippen molar-refractivity contribution < 1.29 is 14.0 Å². The Morgan fingerprint density at radius 3 is 2.71 bits per heavy atom. The number of para-hydroxylation sites is 2. The molecule has 1 aromatic heterocycles. The number of nitrogens with one attached hydrogen (secondary N) is 2. The van der Waals surface area contributed by atoms with Crippen LogP contribution in [0.15, 0.2) is 65.3 Å². The Bertz CT molecular complexity index is 1090. The third kappa shape index (κ3) is 4.48. The van der Waals surface area contributed by atoms with Gasteiger partial charge in [-0.1, -0.05) is 43.3 Å². The molecule has 2 N–H and O–H groups in total. The number of nitrogens with zero attached hydrogens (tertiary/aromatic N) is 1. The van der Waals surface area contributed by atoms with Crippen molar-refractivity contribution in [1.82, 2.24) is 5.32 Å². The quantitative estimate of drug-likeness (QED) is 0.605. The smallest absolute Gasteiger partial charge is 0.255 e. The highest BCUT2D eigenvalue weighted by Gasteiger charge is 2.28. The van der Waals surface area contributed by atoms with Gasteiger partial charge in [-0.15, -0.1) is 0 Å². The second-order valence-electron chi connectivity index (χ2n) is 7.81. The predicted octanol–water partition coefficient (Wildman–Crippen LogP) is 4.16. The summed E-state index contributed by atoms with van der Waals surface area (Å²) in [6.45, 7) is 4.60. The molecule has 0 fully saturated rings. The number of aryl methyl sites for hydroxylation is 1. The zero-order valence-electron chi connectivity index (χ0n) is 17.9. The fraction of sp³-hybridized carbons (Fsp3) is 0.280. The van der Waals surface area contributed by atoms with Crippen LogP contribution in [0, 0.1) is 0 Å². The fourth-order valence-corrected chi connectivity index (χ4v) is 4.09. The second kappa shape index (κ2) is 9.08. The molecule has 2 amide bonds. The van der Waals surface area contributed by atoms with E-state index in [9.17, 15) is 9.59 Å². The summed E-state index contributed by atoms with van der Waals surface area (Å²) in [5.74, 6) is 0.0157. The fourth-order valence-electron chi connectivity index (χ4n) is 4.09. The first-order valence-corrected chi connectivity index (χ1v) is 10.6. The number of fused-ring (bicyclic) bond motifs is 1. The van der Waals surface area contributed by atoms with E-state index in [1.165, 1.54) is 17.5 Å². The topological polar surface area (TPSA) is 74.6 Å². The molecule has 6 heteroatoms. The maximum atomic E-state index is 12.7. The van der Waals surface area contributed by atoms with E-state index in [-0.39, 0.29) is 18.4 Å². The number of amides is 2. The monoisotopic (exact) mass is 417 g/mol. The molecule has 0 saturated carbocycles. The summed E-state index contributed by atoms with van der Waals surface area (Å²) < 4.78 is 5.64. The van der Waals surface area contributed by atoms with Crippen molar-refractivity contribution in [3.05, 3.63) is 83.3 Å². The van der Waals surface area contributed by atoms with Crippen LogP contribution in [-0.4, -0.2) is 24.4 Å². The number of hydrogen-bond acceptors (Lipinski definition) is 4. The molecular weight excluding hydrogens is 390 g/mol. The highest BCUT2D eigenvalue weighted by Crippen LogP contribution is 2.33. The Hall–Kier alpha value is -3.54. The van der Waals surface area contributed by atoms with Crippen molar-refractivity contribution >= 4 is 23.2 Å². The maximum absolute atomic E-state index is 12.7. The van der Waals surface area contributed by atoms with Crippen LogP contribution in [0.4, 0.5) is 11.4 Å². The van der Waals surface area contributed by atoms with Crippen molar-refractivity contribution in [3.8, 4) is 0 Å². The lowest BCUT2D eigenvalue weighted by Gasteiger charge is -2.24. The average Bonchev–Trinajstić information content (AvgIpc) is 3.37. The van der Waals surface area contributed by atoms with E-state index >= 15 is 0 Å². The molecule has 160 valence electrons. The average molecular weight is 418 g/mol. The number of hydrogen-bond donors (Lipinski definition) is 2. The highest BCUT2D eigenvalue weighted by atomic mass is 16.3. The SMILES string of the molecule is CCc1ccccc1NC(=O)CNC(=O)c1ccoc1CN1c2ccccc2CC1C. The van der Waals surface area contributed by atoms with E-state index < -0.39 is 0 Å². The Morgan fingerprint density at radius 2 is 1.87 bits per heavy atom. The van der Waals surface area contributed by atoms with Gasteiger partial charge in [-0.3, -0.25) is 9.59 Å². The molecule has 1 aliphatic heterocycles. The van der Waals surface area contributed by atoms with Gasteiger partial charge in [-0.2, -0.15) is 0 Å². The lowest BCUT2D eigenvalue weighted by molar-refractivity contribution is -0.115. The van der Waals surface area contributed by atoms with Gasteiger partial charge in [-0.25, -0.2) is 0 Å². The summed E-state index contributed by atoms with van der Waals surface area (Å²) in [5, 5.41) is 5.58. The van der Waals surface area contributed by atoms with Gasteiger partial charge in [0, 0.05) is 17.4 Å². The van der Waals surface area contributed by atoms with Gasteiger partial charge in [0.25, 0.3) is 5.91 Å². The van der Waals surface area contributed by atoms with Crippen LogP contribution in [0.2, 0.25) is 0 Å². The standard InChI is InChI=1S/C25H27N3O3/c1-3-18-8-4-6-10-21(18)27-24(29)15-26-25(30)20-12-13-31-23(20)16-28-17(2)14-19-9-5-7-11-22(19)28/h4-13,17H,3,14-16H2,1-2H3,(H,26,30)(H,27,29). The molecule has 0 bridgehead atoms. The van der Waals surface area contributed by atoms with Crippen LogP contribution in [0.5, 0.6) is 0 Å². The van der Waals surface area contributed by atoms with Crippen LogP contribution in [-0.2, 0) is 24.2 Å². The molecule has 6 nitrogen and oxygen atoms in total. The molecule has 4 rings (SSSR count). The van der Waals surface area contributed by atoms with Crippen molar-refractivity contribution in [3.63, 3.8) is 0 Å². The van der Waals surface area contributed by atoms with E-state index in [1.54, 1.807) is 6.07 Å². The zero-order valence-corrected chi connectivity index (χ0v) is 17.9. The van der Waals surface area contributed by atoms with E-state index in [1.807, 2.05) is 43.3 Å². The van der Waals surface area contributed by atoms with Gasteiger partial charge in [0.05, 0.1) is 24.9 Å². The number of carbonyl (C=O) groups is 2. The minimum Gasteiger partial charge on any atom is -0.467 e. The third-order valence-electron chi connectivity index (χ3n) is 5.73. The highest BCUT2D eigenvalue weighted by molar-refractivity contribution is 6.00. The molecule has 3 aromatic rings. The predicted molar refractivity (Wildman–Crippen MR) is 121 cm³/mol. The normalized spacial score (nSPS) is 14.9. The van der Waals surface area contributed by atoms with Crippen molar-refractivity contribution in [2.24, 2.45) is 0 Å². The first-order chi connectivity index (χ1) is 15.1. The summed E-state index contributed by atoms with van der Waals surface area (Å²) in [4.78, 5) is 27.3. The number of anilines is 2. The van der Waals surface area contributed by atoms with Crippen LogP contribution < -0.4 is 15.5 Å². The lowest BCUT2D eigenvalue weighted by Crippen LogP contribution is -2.34. The van der Waals surface area contributed by atoms with E-state index in [0.717, 1.165) is 24.1 Å². The van der Waals surface area contributed by atoms with Gasteiger partial charge in [0.1, 0.15) is 5.76 Å². The maximum Gasteiger partial charge on any atom is 0.255 e. The van der Waals surface area contributed by atoms with Crippen LogP contribution in [0.25, 0.3) is 0 Å². The van der Waals surface area contributed by atoms with Crippen molar-refractivity contribution in [2.45, 2.75) is 39.3 Å². The third-order valence-corrected chi connectivity index (χ3v) is 5.73. The molecule has 1 aliphatic rings. The molecule has 0 aliphatic carbocycles. The van der Waals surface area contributed by atoms with E-state index in [4.69, 9.17) is 4.42 Å². The summed E-state index contributed by atoms with van der Waals surface area (Å²) >= 11 is 0. The Balaban J connectivity index is 1.38. The molecule has 0 saturated heterocycles. The summed E-state index contributed by atoms with van der Waals surface area (Å²) in [7, 11) is 0. The van der Waals surface area contributed by atoms with Crippen molar-refractivity contribution in [1.29, 1.82) is 0 Å². The van der Waals surface area contributed by atoms with Gasteiger partial charge in [0.15, 0.2) is 0 Å². The molecule has 0 spiro atoms. The molecule has 1 atom stereocenters. The lowest BCUT2D eigenvalue weighted by atomic mass is 10.1. The van der Waals surface area contributed by atoms with Crippen LogP contribution >= 0.6 is 0 Å². The second-order valence-corrected chi connectivity index (χ2v) is 7.81. The number of furan rings is 1. The molecule has 2 aromatic carbocycles. The summed E-state index contributed by atoms with van der Waals surface area (Å²) in [6, 6.07) is 17.9. The Labute approximate surface area is 182 Å². The molecule has 31 heavy (non-hydrogen) atoms. The molecular formula is C25H27N3O3. The Kier molecular flexibility index (Phi) is 6.07. The van der Waals surface area contributed by atoms with E-state index in [2.05, 4.69) is 34.6 Å². The van der Waals surface area contributed by atoms with Crippen LogP contribution in [0.3, 0.4) is 0 Å². The van der Waals surface area contributed by atoms with E-state index in [0.29, 0.717) is 23.9 Å². The van der Waals surface area contributed by atoms with Gasteiger partial charge in [-0.05, 0) is 49.1 Å². The van der Waals surface area contributed by atoms with Gasteiger partial charge >= 0.3 is 0 Å². The number of rotatable bonds is 7. The zero-order chi connectivity index (χ0) is 21.8. The molecule has 0 radical (unpaired) electrons. The minimum absolute atomic E-state index is 0.107. The first-order valence-electron chi connectivity index (χ1n) is 10.6. The first kappa shape index (κ1) is 20.7. The number of carbonyl (C=O) groups excluding carboxylic acids is 2. The Morgan fingerprint density at radius 1 is 1.10 bits per heavy atom. The van der Waals surface area contributed by atoms with Gasteiger partial charge < -0.3 is 20.0 Å². The minimum atomic E-state index is -0.317. The number of benzene rings is 2.